The second-order valence-corrected chi connectivity index (χ2v) is 4.48. The quantitative estimate of drug-likeness (QED) is 0.774. The lowest BCUT2D eigenvalue weighted by Crippen LogP contribution is -2.23. The van der Waals surface area contributed by atoms with Gasteiger partial charge in [0.25, 0.3) is 0 Å². The molecule has 1 aromatic rings. The van der Waals surface area contributed by atoms with E-state index in [4.69, 9.17) is 5.73 Å². The third-order valence-corrected chi connectivity index (χ3v) is 2.94. The van der Waals surface area contributed by atoms with Gasteiger partial charge in [-0.1, -0.05) is 25.5 Å². The summed E-state index contributed by atoms with van der Waals surface area (Å²) in [5, 5.41) is 0. The fourth-order valence-electron chi connectivity index (χ4n) is 1.74. The predicted molar refractivity (Wildman–Crippen MR) is 67.7 cm³/mol. The molecule has 2 nitrogen and oxygen atoms in total. The van der Waals surface area contributed by atoms with Crippen LogP contribution in [0.3, 0.4) is 0 Å². The molecule has 0 aromatic heterocycles. The number of hydrogen-bond donors (Lipinski definition) is 1. The lowest BCUT2D eigenvalue weighted by atomic mass is 9.98. The van der Waals surface area contributed by atoms with Gasteiger partial charge in [-0.2, -0.15) is 0 Å². The van der Waals surface area contributed by atoms with Crippen molar-refractivity contribution < 1.29 is 4.79 Å². The molecule has 0 fully saturated rings. The molecule has 0 amide bonds. The van der Waals surface area contributed by atoms with Crippen molar-refractivity contribution in [2.24, 2.45) is 5.73 Å². The van der Waals surface area contributed by atoms with Crippen LogP contribution in [0.2, 0.25) is 0 Å². The maximum absolute atomic E-state index is 11.9. The molecule has 1 rings (SSSR count). The van der Waals surface area contributed by atoms with E-state index in [2.05, 4.69) is 6.92 Å². The molecule has 2 N–H and O–H groups in total. The van der Waals surface area contributed by atoms with E-state index in [1.54, 1.807) is 0 Å². The van der Waals surface area contributed by atoms with Crippen LogP contribution in [0.5, 0.6) is 0 Å². The third kappa shape index (κ3) is 3.46. The number of nitrogens with two attached hydrogens (primary N) is 1. The molecule has 0 saturated carbocycles. The van der Waals surface area contributed by atoms with Crippen molar-refractivity contribution in [3.63, 3.8) is 0 Å². The van der Waals surface area contributed by atoms with Gasteiger partial charge in [0.2, 0.25) is 0 Å². The van der Waals surface area contributed by atoms with Gasteiger partial charge in [0.1, 0.15) is 0 Å². The highest BCUT2D eigenvalue weighted by molar-refractivity contribution is 5.96. The van der Waals surface area contributed by atoms with Crippen molar-refractivity contribution in [2.45, 2.75) is 46.1 Å². The highest BCUT2D eigenvalue weighted by Gasteiger charge is 2.11. The number of hydrogen-bond acceptors (Lipinski definition) is 2. The molecular weight excluding hydrogens is 198 g/mol. The van der Waals surface area contributed by atoms with E-state index in [0.717, 1.165) is 24.0 Å². The standard InChI is InChI=1S/C14H21NO/c1-4-5-13(15)9-14(16)12-7-6-10(2)11(3)8-12/h6-8,13H,4-5,9,15H2,1-3H3. The molecule has 1 unspecified atom stereocenters. The molecule has 0 radical (unpaired) electrons. The van der Waals surface area contributed by atoms with E-state index in [-0.39, 0.29) is 11.8 Å². The summed E-state index contributed by atoms with van der Waals surface area (Å²) in [5.74, 6) is 0.157. The molecule has 1 atom stereocenters. The molecule has 0 saturated heterocycles. The van der Waals surface area contributed by atoms with E-state index < -0.39 is 0 Å². The molecule has 88 valence electrons. The van der Waals surface area contributed by atoms with Crippen molar-refractivity contribution in [3.05, 3.63) is 34.9 Å². The van der Waals surface area contributed by atoms with E-state index in [0.29, 0.717) is 6.42 Å². The van der Waals surface area contributed by atoms with Crippen molar-refractivity contribution in [2.75, 3.05) is 0 Å². The van der Waals surface area contributed by atoms with E-state index in [1.165, 1.54) is 5.56 Å². The minimum absolute atomic E-state index is 0.000825. The fraction of sp³-hybridized carbons (Fsp3) is 0.500. The zero-order valence-corrected chi connectivity index (χ0v) is 10.4. The molecule has 2 heteroatoms. The second kappa shape index (κ2) is 5.80. The second-order valence-electron chi connectivity index (χ2n) is 4.48. The van der Waals surface area contributed by atoms with Gasteiger partial charge in [-0.3, -0.25) is 4.79 Å². The van der Waals surface area contributed by atoms with Crippen molar-refractivity contribution in [1.82, 2.24) is 0 Å². The van der Waals surface area contributed by atoms with Gasteiger partial charge < -0.3 is 5.73 Å². The molecule has 0 heterocycles. The van der Waals surface area contributed by atoms with Crippen molar-refractivity contribution in [3.8, 4) is 0 Å². The maximum atomic E-state index is 11.9. The third-order valence-electron chi connectivity index (χ3n) is 2.94. The summed E-state index contributed by atoms with van der Waals surface area (Å²) in [6.07, 6.45) is 2.40. The van der Waals surface area contributed by atoms with Gasteiger partial charge in [0.05, 0.1) is 0 Å². The van der Waals surface area contributed by atoms with Crippen LogP contribution in [-0.4, -0.2) is 11.8 Å². The van der Waals surface area contributed by atoms with Crippen molar-refractivity contribution in [1.29, 1.82) is 0 Å². The van der Waals surface area contributed by atoms with Crippen LogP contribution < -0.4 is 5.73 Å². The van der Waals surface area contributed by atoms with E-state index in [1.807, 2.05) is 32.0 Å². The highest BCUT2D eigenvalue weighted by Crippen LogP contribution is 2.13. The summed E-state index contributed by atoms with van der Waals surface area (Å²) >= 11 is 0. The summed E-state index contributed by atoms with van der Waals surface area (Å²) in [5.41, 5.74) is 9.04. The van der Waals surface area contributed by atoms with Crippen LogP contribution in [0.4, 0.5) is 0 Å². The first-order chi connectivity index (χ1) is 7.54. The van der Waals surface area contributed by atoms with Gasteiger partial charge >= 0.3 is 0 Å². The Morgan fingerprint density at radius 3 is 2.56 bits per heavy atom. The number of rotatable bonds is 5. The molecule has 0 bridgehead atoms. The van der Waals surface area contributed by atoms with Crippen LogP contribution in [0, 0.1) is 13.8 Å². The number of carbonyl (C=O) groups is 1. The van der Waals surface area contributed by atoms with Crippen LogP contribution >= 0.6 is 0 Å². The molecule has 0 aliphatic carbocycles. The fourth-order valence-corrected chi connectivity index (χ4v) is 1.74. The minimum Gasteiger partial charge on any atom is -0.327 e. The number of ketones is 1. The van der Waals surface area contributed by atoms with E-state index >= 15 is 0 Å². The topological polar surface area (TPSA) is 43.1 Å². The predicted octanol–water partition coefficient (Wildman–Crippen LogP) is 3.00. The smallest absolute Gasteiger partial charge is 0.164 e. The summed E-state index contributed by atoms with van der Waals surface area (Å²) in [6.45, 7) is 6.16. The number of Topliss-reactive ketones (excluding diaryl/α,β-unsaturated/α-hetero) is 1. The molecular formula is C14H21NO. The first kappa shape index (κ1) is 12.9. The minimum atomic E-state index is -0.000825. The van der Waals surface area contributed by atoms with Crippen LogP contribution in [0.1, 0.15) is 47.7 Å². The Labute approximate surface area is 97.9 Å². The molecule has 16 heavy (non-hydrogen) atoms. The Balaban J connectivity index is 2.69. The lowest BCUT2D eigenvalue weighted by Gasteiger charge is -2.10. The van der Waals surface area contributed by atoms with Gasteiger partial charge in [0, 0.05) is 18.0 Å². The van der Waals surface area contributed by atoms with Crippen molar-refractivity contribution >= 4 is 5.78 Å². The summed E-state index contributed by atoms with van der Waals surface area (Å²) in [7, 11) is 0. The molecule has 0 aliphatic heterocycles. The Morgan fingerprint density at radius 2 is 2.00 bits per heavy atom. The first-order valence-corrected chi connectivity index (χ1v) is 5.90. The SMILES string of the molecule is CCCC(N)CC(=O)c1ccc(C)c(C)c1. The zero-order valence-electron chi connectivity index (χ0n) is 10.4. The summed E-state index contributed by atoms with van der Waals surface area (Å²) in [4.78, 5) is 11.9. The molecule has 0 aliphatic rings. The molecule has 0 spiro atoms. The van der Waals surface area contributed by atoms with Gasteiger partial charge in [-0.05, 0) is 37.5 Å². The lowest BCUT2D eigenvalue weighted by molar-refractivity contribution is 0.0973. The number of aryl methyl sites for hydroxylation is 2. The largest absolute Gasteiger partial charge is 0.327 e. The van der Waals surface area contributed by atoms with Gasteiger partial charge in [-0.25, -0.2) is 0 Å². The van der Waals surface area contributed by atoms with Crippen LogP contribution in [0.15, 0.2) is 18.2 Å². The Morgan fingerprint density at radius 1 is 1.31 bits per heavy atom. The first-order valence-electron chi connectivity index (χ1n) is 5.90. The normalized spacial score (nSPS) is 12.5. The zero-order chi connectivity index (χ0) is 12.1. The number of carbonyl (C=O) groups excluding carboxylic acids is 1. The van der Waals surface area contributed by atoms with Gasteiger partial charge in [0.15, 0.2) is 5.78 Å². The molecule has 1 aromatic carbocycles. The summed E-state index contributed by atoms with van der Waals surface area (Å²) < 4.78 is 0. The Bertz CT molecular complexity index is 371. The van der Waals surface area contributed by atoms with Crippen LogP contribution in [-0.2, 0) is 0 Å². The van der Waals surface area contributed by atoms with Gasteiger partial charge in [-0.15, -0.1) is 0 Å². The Kier molecular flexibility index (Phi) is 4.69. The average Bonchev–Trinajstić information content (AvgIpc) is 2.22. The summed E-state index contributed by atoms with van der Waals surface area (Å²) in [6, 6.07) is 5.84. The van der Waals surface area contributed by atoms with Crippen LogP contribution in [0.25, 0.3) is 0 Å². The Hall–Kier alpha value is -1.15. The highest BCUT2D eigenvalue weighted by atomic mass is 16.1. The monoisotopic (exact) mass is 219 g/mol. The number of benzene rings is 1. The maximum Gasteiger partial charge on any atom is 0.164 e. The average molecular weight is 219 g/mol. The van der Waals surface area contributed by atoms with E-state index in [9.17, 15) is 4.79 Å².